The number of halogens is 1. The number of fused-ring (bicyclic) bond motifs is 2. The van der Waals surface area contributed by atoms with Crippen molar-refractivity contribution in [2.75, 3.05) is 29.9 Å². The van der Waals surface area contributed by atoms with Crippen LogP contribution in [0.25, 0.3) is 0 Å². The van der Waals surface area contributed by atoms with Crippen LogP contribution in [-0.2, 0) is 5.41 Å². The summed E-state index contributed by atoms with van der Waals surface area (Å²) in [4.78, 5) is 17.5. The zero-order valence-electron chi connectivity index (χ0n) is 16.2. The first-order valence-electron chi connectivity index (χ1n) is 10.2. The Bertz CT molecular complexity index is 916. The van der Waals surface area contributed by atoms with Crippen LogP contribution in [0, 0.1) is 12.7 Å². The molecule has 5 rings (SSSR count). The van der Waals surface area contributed by atoms with E-state index in [0.717, 1.165) is 37.7 Å². The summed E-state index contributed by atoms with van der Waals surface area (Å²) >= 11 is 0. The molecule has 28 heavy (non-hydrogen) atoms. The number of piperidine rings is 1. The molecule has 2 aromatic carbocycles. The molecule has 5 heteroatoms. The van der Waals surface area contributed by atoms with Crippen LogP contribution in [0.4, 0.5) is 20.6 Å². The smallest absolute Gasteiger partial charge is 0.307 e. The standard InChI is InChI=1S/C23H26FN3O/c1-16-5-8-21-20(13-16)23(9-11-26(12-10-23)19-6-7-19)15-27(21)22(28)25-18-4-2-3-17(24)14-18/h2-5,8,13-14,19H,6-7,9-12,15H2,1H3,(H,25,28). The van der Waals surface area contributed by atoms with Gasteiger partial charge in [0, 0.05) is 29.4 Å². The molecule has 1 N–H and O–H groups in total. The number of likely N-dealkylation sites (tertiary alicyclic amines) is 1. The van der Waals surface area contributed by atoms with Crippen LogP contribution in [0.3, 0.4) is 0 Å². The molecule has 1 saturated carbocycles. The molecule has 0 unspecified atom stereocenters. The van der Waals surface area contributed by atoms with Crippen molar-refractivity contribution < 1.29 is 9.18 Å². The number of benzene rings is 2. The molecular formula is C23H26FN3O. The summed E-state index contributed by atoms with van der Waals surface area (Å²) in [6.45, 7) is 5.03. The summed E-state index contributed by atoms with van der Waals surface area (Å²) in [5.74, 6) is -0.348. The lowest BCUT2D eigenvalue weighted by atomic mass is 9.74. The van der Waals surface area contributed by atoms with Gasteiger partial charge in [-0.25, -0.2) is 9.18 Å². The van der Waals surface area contributed by atoms with E-state index in [1.165, 1.54) is 36.1 Å². The van der Waals surface area contributed by atoms with E-state index in [4.69, 9.17) is 0 Å². The average molecular weight is 379 g/mol. The third-order valence-electron chi connectivity index (χ3n) is 6.61. The average Bonchev–Trinajstić information content (AvgIpc) is 3.48. The number of nitrogens with zero attached hydrogens (tertiary/aromatic N) is 2. The second kappa shape index (κ2) is 6.59. The molecule has 1 aliphatic carbocycles. The zero-order chi connectivity index (χ0) is 19.3. The predicted octanol–water partition coefficient (Wildman–Crippen LogP) is 4.68. The first-order chi connectivity index (χ1) is 13.5. The van der Waals surface area contributed by atoms with Crippen LogP contribution in [0.5, 0.6) is 0 Å². The van der Waals surface area contributed by atoms with Crippen molar-refractivity contribution in [3.63, 3.8) is 0 Å². The molecule has 1 spiro atoms. The van der Waals surface area contributed by atoms with E-state index in [0.29, 0.717) is 12.2 Å². The van der Waals surface area contributed by atoms with Gasteiger partial charge in [0.2, 0.25) is 0 Å². The second-order valence-corrected chi connectivity index (χ2v) is 8.59. The van der Waals surface area contributed by atoms with E-state index < -0.39 is 0 Å². The summed E-state index contributed by atoms with van der Waals surface area (Å²) in [6, 6.07) is 13.1. The number of carbonyl (C=O) groups is 1. The van der Waals surface area contributed by atoms with Gasteiger partial charge in [-0.3, -0.25) is 4.90 Å². The highest BCUT2D eigenvalue weighted by molar-refractivity contribution is 6.03. The van der Waals surface area contributed by atoms with E-state index in [9.17, 15) is 9.18 Å². The summed E-state index contributed by atoms with van der Waals surface area (Å²) < 4.78 is 13.5. The first-order valence-corrected chi connectivity index (χ1v) is 10.2. The number of carbonyl (C=O) groups excluding carboxylic acids is 1. The maximum absolute atomic E-state index is 13.5. The molecule has 0 aromatic heterocycles. The van der Waals surface area contributed by atoms with Crippen molar-refractivity contribution in [2.45, 2.75) is 44.1 Å². The van der Waals surface area contributed by atoms with Gasteiger partial charge in [0.05, 0.1) is 0 Å². The Hall–Kier alpha value is -2.40. The molecule has 146 valence electrons. The maximum atomic E-state index is 13.5. The maximum Gasteiger partial charge on any atom is 0.326 e. The van der Waals surface area contributed by atoms with Crippen molar-refractivity contribution in [2.24, 2.45) is 0 Å². The molecule has 2 fully saturated rings. The number of anilines is 2. The summed E-state index contributed by atoms with van der Waals surface area (Å²) in [5, 5.41) is 2.88. The van der Waals surface area contributed by atoms with Gasteiger partial charge in [0.25, 0.3) is 0 Å². The Morgan fingerprint density at radius 1 is 1.14 bits per heavy atom. The van der Waals surface area contributed by atoms with Crippen LogP contribution < -0.4 is 10.2 Å². The van der Waals surface area contributed by atoms with Crippen molar-refractivity contribution in [1.29, 1.82) is 0 Å². The van der Waals surface area contributed by atoms with Gasteiger partial charge in [-0.05, 0) is 75.5 Å². The fourth-order valence-electron chi connectivity index (χ4n) is 4.91. The fraction of sp³-hybridized carbons (Fsp3) is 0.435. The third-order valence-corrected chi connectivity index (χ3v) is 6.61. The summed E-state index contributed by atoms with van der Waals surface area (Å²) in [6.07, 6.45) is 4.85. The molecule has 2 heterocycles. The van der Waals surface area contributed by atoms with Gasteiger partial charge in [0.15, 0.2) is 0 Å². The van der Waals surface area contributed by atoms with E-state index >= 15 is 0 Å². The molecule has 4 nitrogen and oxygen atoms in total. The molecular weight excluding hydrogens is 353 g/mol. The molecule has 0 atom stereocenters. The molecule has 3 aliphatic rings. The quantitative estimate of drug-likeness (QED) is 0.822. The number of aryl methyl sites for hydroxylation is 1. The van der Waals surface area contributed by atoms with E-state index in [1.54, 1.807) is 12.1 Å². The van der Waals surface area contributed by atoms with Gasteiger partial charge in [-0.1, -0.05) is 23.8 Å². The molecule has 1 saturated heterocycles. The SMILES string of the molecule is Cc1ccc2c(c1)C1(CCN(C3CC3)CC1)CN2C(=O)Nc1cccc(F)c1. The number of hydrogen-bond acceptors (Lipinski definition) is 2. The van der Waals surface area contributed by atoms with Crippen molar-refractivity contribution in [1.82, 2.24) is 4.90 Å². The normalized spacial score (nSPS) is 21.0. The molecule has 0 bridgehead atoms. The molecule has 0 radical (unpaired) electrons. The van der Waals surface area contributed by atoms with Crippen LogP contribution in [-0.4, -0.2) is 36.6 Å². The van der Waals surface area contributed by atoms with Crippen LogP contribution in [0.15, 0.2) is 42.5 Å². The Kier molecular flexibility index (Phi) is 4.16. The molecule has 2 amide bonds. The van der Waals surface area contributed by atoms with E-state index in [2.05, 4.69) is 35.3 Å². The monoisotopic (exact) mass is 379 g/mol. The fourth-order valence-corrected chi connectivity index (χ4v) is 4.91. The highest BCUT2D eigenvalue weighted by Crippen LogP contribution is 2.48. The molecule has 2 aromatic rings. The number of hydrogen-bond donors (Lipinski definition) is 1. The van der Waals surface area contributed by atoms with Crippen molar-refractivity contribution in [3.05, 3.63) is 59.4 Å². The summed E-state index contributed by atoms with van der Waals surface area (Å²) in [7, 11) is 0. The largest absolute Gasteiger partial charge is 0.326 e. The topological polar surface area (TPSA) is 35.6 Å². The van der Waals surface area contributed by atoms with Crippen molar-refractivity contribution in [3.8, 4) is 0 Å². The zero-order valence-corrected chi connectivity index (χ0v) is 16.2. The van der Waals surface area contributed by atoms with Crippen LogP contribution in [0.2, 0.25) is 0 Å². The van der Waals surface area contributed by atoms with E-state index in [-0.39, 0.29) is 17.3 Å². The van der Waals surface area contributed by atoms with Gasteiger partial charge in [0.1, 0.15) is 5.82 Å². The van der Waals surface area contributed by atoms with Crippen molar-refractivity contribution >= 4 is 17.4 Å². The van der Waals surface area contributed by atoms with Gasteiger partial charge in [-0.15, -0.1) is 0 Å². The van der Waals surface area contributed by atoms with Crippen LogP contribution in [0.1, 0.15) is 36.8 Å². The highest BCUT2D eigenvalue weighted by atomic mass is 19.1. The minimum Gasteiger partial charge on any atom is -0.307 e. The Labute approximate surface area is 165 Å². The number of rotatable bonds is 2. The number of urea groups is 1. The second-order valence-electron chi connectivity index (χ2n) is 8.59. The first kappa shape index (κ1) is 17.7. The van der Waals surface area contributed by atoms with Crippen LogP contribution >= 0.6 is 0 Å². The minimum absolute atomic E-state index is 0.0338. The Morgan fingerprint density at radius 2 is 1.93 bits per heavy atom. The van der Waals surface area contributed by atoms with Gasteiger partial charge < -0.3 is 10.2 Å². The predicted molar refractivity (Wildman–Crippen MR) is 109 cm³/mol. The lowest BCUT2D eigenvalue weighted by Gasteiger charge is -2.40. The lowest BCUT2D eigenvalue weighted by molar-refractivity contribution is 0.159. The van der Waals surface area contributed by atoms with Gasteiger partial charge >= 0.3 is 6.03 Å². The highest BCUT2D eigenvalue weighted by Gasteiger charge is 2.47. The Balaban J connectivity index is 1.41. The summed E-state index contributed by atoms with van der Waals surface area (Å²) in [5.41, 5.74) is 4.06. The minimum atomic E-state index is -0.348. The Morgan fingerprint density at radius 3 is 2.64 bits per heavy atom. The van der Waals surface area contributed by atoms with E-state index in [1.807, 2.05) is 4.90 Å². The molecule has 2 aliphatic heterocycles. The third kappa shape index (κ3) is 3.08. The lowest BCUT2D eigenvalue weighted by Crippen LogP contribution is -2.47. The number of nitrogens with one attached hydrogen (secondary N) is 1. The van der Waals surface area contributed by atoms with Gasteiger partial charge in [-0.2, -0.15) is 0 Å². The number of amides is 2.